The maximum absolute atomic E-state index is 12.8. The molecule has 0 radical (unpaired) electrons. The van der Waals surface area contributed by atoms with Crippen molar-refractivity contribution >= 4 is 21.7 Å². The molecule has 2 aliphatic heterocycles. The summed E-state index contributed by atoms with van der Waals surface area (Å²) >= 11 is 0. The Hall–Kier alpha value is -0.950. The monoisotopic (exact) mass is 340 g/mol. The Labute approximate surface area is 137 Å². The topological polar surface area (TPSA) is 74.8 Å². The third-order valence-corrected chi connectivity index (χ3v) is 7.80. The number of carbonyl (C=O) groups is 2. The third-order valence-electron chi connectivity index (χ3n) is 6.05. The minimum absolute atomic E-state index is 0.00787. The molecule has 2 heterocycles. The molecule has 2 amide bonds. The first-order valence-electron chi connectivity index (χ1n) is 8.71. The predicted molar refractivity (Wildman–Crippen MR) is 84.2 cm³/mol. The number of sulfone groups is 1. The van der Waals surface area contributed by atoms with Crippen LogP contribution in [0.3, 0.4) is 0 Å². The molecule has 4 rings (SSSR count). The molecule has 1 spiro atoms. The maximum Gasteiger partial charge on any atom is 0.237 e. The minimum atomic E-state index is -2.96. The SMILES string of the molecule is O=C1CC2(CCCC2)C(=O)N1CN(C1CC1)C1CCS(=O)(=O)C1. The summed E-state index contributed by atoms with van der Waals surface area (Å²) in [6, 6.07) is 0.308. The van der Waals surface area contributed by atoms with Gasteiger partial charge in [0.2, 0.25) is 11.8 Å². The molecule has 4 aliphatic rings. The first-order valence-corrected chi connectivity index (χ1v) is 10.5. The van der Waals surface area contributed by atoms with E-state index in [1.165, 1.54) is 4.90 Å². The van der Waals surface area contributed by atoms with Gasteiger partial charge in [0.1, 0.15) is 0 Å². The smallest absolute Gasteiger partial charge is 0.237 e. The van der Waals surface area contributed by atoms with Gasteiger partial charge in [0.25, 0.3) is 0 Å². The molecule has 0 N–H and O–H groups in total. The summed E-state index contributed by atoms with van der Waals surface area (Å²) in [4.78, 5) is 28.8. The predicted octanol–water partition coefficient (Wildman–Crippen LogP) is 0.915. The van der Waals surface area contributed by atoms with Crippen LogP contribution in [0.2, 0.25) is 0 Å². The molecule has 0 aromatic heterocycles. The molecule has 0 aromatic rings. The number of likely N-dealkylation sites (tertiary alicyclic amines) is 1. The second-order valence-corrected chi connectivity index (χ2v) is 9.96. The maximum atomic E-state index is 12.8. The van der Waals surface area contributed by atoms with Gasteiger partial charge in [-0.1, -0.05) is 12.8 Å². The molecule has 23 heavy (non-hydrogen) atoms. The van der Waals surface area contributed by atoms with E-state index in [4.69, 9.17) is 0 Å². The molecule has 2 aliphatic carbocycles. The number of amides is 2. The Morgan fingerprint density at radius 2 is 1.78 bits per heavy atom. The largest absolute Gasteiger partial charge is 0.279 e. The Morgan fingerprint density at radius 1 is 1.09 bits per heavy atom. The lowest BCUT2D eigenvalue weighted by molar-refractivity contribution is -0.144. The van der Waals surface area contributed by atoms with Crippen molar-refractivity contribution in [1.82, 2.24) is 9.80 Å². The fourth-order valence-electron chi connectivity index (χ4n) is 4.58. The van der Waals surface area contributed by atoms with Gasteiger partial charge in [0.05, 0.1) is 23.6 Å². The molecule has 7 heteroatoms. The van der Waals surface area contributed by atoms with Crippen LogP contribution >= 0.6 is 0 Å². The van der Waals surface area contributed by atoms with Crippen LogP contribution in [0.4, 0.5) is 0 Å². The molecule has 4 fully saturated rings. The van der Waals surface area contributed by atoms with Crippen molar-refractivity contribution < 1.29 is 18.0 Å². The van der Waals surface area contributed by atoms with Crippen molar-refractivity contribution in [3.63, 3.8) is 0 Å². The lowest BCUT2D eigenvalue weighted by Gasteiger charge is -2.32. The molecule has 1 unspecified atom stereocenters. The number of hydrogen-bond donors (Lipinski definition) is 0. The molecule has 2 saturated heterocycles. The number of imide groups is 1. The van der Waals surface area contributed by atoms with E-state index in [1.54, 1.807) is 0 Å². The van der Waals surface area contributed by atoms with Gasteiger partial charge < -0.3 is 0 Å². The zero-order valence-electron chi connectivity index (χ0n) is 13.4. The Balaban J connectivity index is 1.51. The van der Waals surface area contributed by atoms with Gasteiger partial charge >= 0.3 is 0 Å². The zero-order chi connectivity index (χ0) is 16.2. The highest BCUT2D eigenvalue weighted by Crippen LogP contribution is 2.47. The van der Waals surface area contributed by atoms with Crippen LogP contribution in [-0.2, 0) is 19.4 Å². The highest BCUT2D eigenvalue weighted by molar-refractivity contribution is 7.91. The number of hydrogen-bond acceptors (Lipinski definition) is 5. The van der Waals surface area contributed by atoms with Crippen LogP contribution in [0.1, 0.15) is 51.4 Å². The van der Waals surface area contributed by atoms with Crippen molar-refractivity contribution in [1.29, 1.82) is 0 Å². The first kappa shape index (κ1) is 15.6. The van der Waals surface area contributed by atoms with Gasteiger partial charge in [-0.05, 0) is 32.1 Å². The highest BCUT2D eigenvalue weighted by Gasteiger charge is 2.53. The molecule has 0 aromatic carbocycles. The van der Waals surface area contributed by atoms with Crippen LogP contribution in [0.15, 0.2) is 0 Å². The zero-order valence-corrected chi connectivity index (χ0v) is 14.2. The van der Waals surface area contributed by atoms with E-state index in [-0.39, 0.29) is 29.4 Å². The number of nitrogens with zero attached hydrogens (tertiary/aromatic N) is 2. The van der Waals surface area contributed by atoms with Crippen LogP contribution in [0.25, 0.3) is 0 Å². The van der Waals surface area contributed by atoms with E-state index in [2.05, 4.69) is 4.90 Å². The third kappa shape index (κ3) is 2.71. The molecule has 0 bridgehead atoms. The second-order valence-electron chi connectivity index (χ2n) is 7.73. The van der Waals surface area contributed by atoms with E-state index in [0.717, 1.165) is 38.5 Å². The standard InChI is InChI=1S/C16H24N2O4S/c19-14-9-16(6-1-2-7-16)15(20)18(14)11-17(12-3-4-12)13-5-8-23(21,22)10-13/h12-13H,1-11H2. The average Bonchev–Trinajstić information content (AvgIpc) is 3.04. The van der Waals surface area contributed by atoms with Crippen LogP contribution in [0, 0.1) is 5.41 Å². The summed E-state index contributed by atoms with van der Waals surface area (Å²) in [6.07, 6.45) is 6.77. The summed E-state index contributed by atoms with van der Waals surface area (Å²) in [7, 11) is -2.96. The van der Waals surface area contributed by atoms with Gasteiger partial charge in [-0.25, -0.2) is 8.42 Å². The van der Waals surface area contributed by atoms with Crippen molar-refractivity contribution in [2.24, 2.45) is 5.41 Å². The van der Waals surface area contributed by atoms with Crippen molar-refractivity contribution in [3.8, 4) is 0 Å². The van der Waals surface area contributed by atoms with Gasteiger partial charge in [0, 0.05) is 18.5 Å². The van der Waals surface area contributed by atoms with E-state index in [0.29, 0.717) is 25.6 Å². The van der Waals surface area contributed by atoms with E-state index < -0.39 is 15.3 Å². The lowest BCUT2D eigenvalue weighted by atomic mass is 9.85. The molecule has 6 nitrogen and oxygen atoms in total. The molecular formula is C16H24N2O4S. The van der Waals surface area contributed by atoms with Gasteiger partial charge in [-0.15, -0.1) is 0 Å². The van der Waals surface area contributed by atoms with Crippen molar-refractivity contribution in [3.05, 3.63) is 0 Å². The van der Waals surface area contributed by atoms with Crippen LogP contribution < -0.4 is 0 Å². The molecular weight excluding hydrogens is 316 g/mol. The normalized spacial score (nSPS) is 32.6. The first-order chi connectivity index (χ1) is 10.9. The summed E-state index contributed by atoms with van der Waals surface area (Å²) in [6.45, 7) is 0.296. The quantitative estimate of drug-likeness (QED) is 0.711. The fraction of sp³-hybridized carbons (Fsp3) is 0.875. The number of carbonyl (C=O) groups excluding carboxylic acids is 2. The van der Waals surface area contributed by atoms with Crippen molar-refractivity contribution in [2.45, 2.75) is 63.5 Å². The average molecular weight is 340 g/mol. The molecule has 1 atom stereocenters. The Kier molecular flexibility index (Phi) is 3.57. The van der Waals surface area contributed by atoms with E-state index >= 15 is 0 Å². The van der Waals surface area contributed by atoms with Gasteiger partial charge in [-0.3, -0.25) is 19.4 Å². The van der Waals surface area contributed by atoms with Gasteiger partial charge in [-0.2, -0.15) is 0 Å². The van der Waals surface area contributed by atoms with Crippen molar-refractivity contribution in [2.75, 3.05) is 18.2 Å². The Morgan fingerprint density at radius 3 is 2.35 bits per heavy atom. The summed E-state index contributed by atoms with van der Waals surface area (Å²) in [5.41, 5.74) is -0.436. The second kappa shape index (κ2) is 5.28. The summed E-state index contributed by atoms with van der Waals surface area (Å²) < 4.78 is 23.6. The van der Waals surface area contributed by atoms with Gasteiger partial charge in [0.15, 0.2) is 9.84 Å². The summed E-state index contributed by atoms with van der Waals surface area (Å²) in [5.74, 6) is 0.326. The fourth-order valence-corrected chi connectivity index (χ4v) is 6.32. The molecule has 2 saturated carbocycles. The van der Waals surface area contributed by atoms with Crippen LogP contribution in [-0.4, -0.2) is 60.3 Å². The Bertz CT molecular complexity index is 634. The highest BCUT2D eigenvalue weighted by atomic mass is 32.2. The minimum Gasteiger partial charge on any atom is -0.279 e. The van der Waals surface area contributed by atoms with E-state index in [1.807, 2.05) is 0 Å². The molecule has 128 valence electrons. The lowest BCUT2D eigenvalue weighted by Crippen LogP contribution is -2.48. The van der Waals surface area contributed by atoms with E-state index in [9.17, 15) is 18.0 Å². The number of rotatable bonds is 4. The summed E-state index contributed by atoms with van der Waals surface area (Å²) in [5, 5.41) is 0. The van der Waals surface area contributed by atoms with Crippen LogP contribution in [0.5, 0.6) is 0 Å².